The number of anilines is 2. The Hall–Kier alpha value is -1.94. The molecule has 3 fully saturated rings. The SMILES string of the molecule is C[C@@H]1CN(c2ccc(NC(=O)NCC3(O)CCC4(CC3)OCCO4)cc2F)C[C@H](C)O1. The highest BCUT2D eigenvalue weighted by molar-refractivity contribution is 5.89. The molecule has 0 bridgehead atoms. The second kappa shape index (κ2) is 8.90. The molecule has 9 heteroatoms. The molecule has 1 aromatic rings. The largest absolute Gasteiger partial charge is 0.388 e. The molecule has 8 nitrogen and oxygen atoms in total. The monoisotopic (exact) mass is 437 g/mol. The molecular weight excluding hydrogens is 405 g/mol. The van der Waals surface area contributed by atoms with Crippen LogP contribution in [0, 0.1) is 5.82 Å². The van der Waals surface area contributed by atoms with Crippen LogP contribution in [0.25, 0.3) is 0 Å². The minimum absolute atomic E-state index is 0.0268. The third-order valence-electron chi connectivity index (χ3n) is 6.30. The zero-order chi connectivity index (χ0) is 22.1. The van der Waals surface area contributed by atoms with Crippen molar-refractivity contribution in [2.75, 3.05) is 43.1 Å². The number of carbonyl (C=O) groups is 1. The lowest BCUT2D eigenvalue weighted by Crippen LogP contribution is -2.50. The molecule has 0 unspecified atom stereocenters. The molecule has 1 spiro atoms. The summed E-state index contributed by atoms with van der Waals surface area (Å²) in [5.41, 5.74) is -0.151. The van der Waals surface area contributed by atoms with Gasteiger partial charge in [0.15, 0.2) is 5.79 Å². The number of nitrogens with zero attached hydrogens (tertiary/aromatic N) is 1. The third kappa shape index (κ3) is 5.28. The first kappa shape index (κ1) is 22.3. The molecular formula is C22H32FN3O5. The number of rotatable bonds is 4. The summed E-state index contributed by atoms with van der Waals surface area (Å²) in [6.45, 7) is 6.44. The van der Waals surface area contributed by atoms with Crippen molar-refractivity contribution < 1.29 is 28.5 Å². The van der Waals surface area contributed by atoms with Crippen molar-refractivity contribution >= 4 is 17.4 Å². The van der Waals surface area contributed by atoms with Crippen LogP contribution >= 0.6 is 0 Å². The number of morpholine rings is 1. The summed E-state index contributed by atoms with van der Waals surface area (Å²) in [6, 6.07) is 4.18. The summed E-state index contributed by atoms with van der Waals surface area (Å²) in [7, 11) is 0. The van der Waals surface area contributed by atoms with Crippen molar-refractivity contribution in [3.05, 3.63) is 24.0 Å². The second-order valence-electron chi connectivity index (χ2n) is 8.97. The van der Waals surface area contributed by atoms with E-state index in [4.69, 9.17) is 14.2 Å². The van der Waals surface area contributed by atoms with Crippen molar-refractivity contribution in [3.63, 3.8) is 0 Å². The molecule has 0 radical (unpaired) electrons. The van der Waals surface area contributed by atoms with Crippen LogP contribution in [0.15, 0.2) is 18.2 Å². The molecule has 2 saturated heterocycles. The molecule has 3 aliphatic rings. The van der Waals surface area contributed by atoms with E-state index in [0.717, 1.165) is 0 Å². The summed E-state index contributed by atoms with van der Waals surface area (Å²) in [6.07, 6.45) is 2.20. The summed E-state index contributed by atoms with van der Waals surface area (Å²) >= 11 is 0. The van der Waals surface area contributed by atoms with Gasteiger partial charge < -0.3 is 34.9 Å². The van der Waals surface area contributed by atoms with Crippen molar-refractivity contribution in [1.82, 2.24) is 5.32 Å². The van der Waals surface area contributed by atoms with Gasteiger partial charge >= 0.3 is 6.03 Å². The van der Waals surface area contributed by atoms with Gasteiger partial charge in [-0.1, -0.05) is 0 Å². The summed E-state index contributed by atoms with van der Waals surface area (Å²) < 4.78 is 31.8. The molecule has 4 rings (SSSR count). The van der Waals surface area contributed by atoms with Gasteiger partial charge in [-0.3, -0.25) is 0 Å². The second-order valence-corrected chi connectivity index (χ2v) is 8.97. The zero-order valence-corrected chi connectivity index (χ0v) is 18.2. The van der Waals surface area contributed by atoms with Gasteiger partial charge in [0, 0.05) is 38.2 Å². The first-order valence-electron chi connectivity index (χ1n) is 11.0. The standard InChI is InChI=1S/C22H32FN3O5/c1-15-12-26(13-16(2)31-15)19-4-3-17(11-18(19)23)25-20(27)24-14-21(28)5-7-22(8-6-21)29-9-10-30-22/h3-4,11,15-16,28H,5-10,12-14H2,1-2H3,(H2,24,25,27)/t15-,16+. The molecule has 1 aromatic carbocycles. The van der Waals surface area contributed by atoms with Crippen LogP contribution in [0.4, 0.5) is 20.6 Å². The Morgan fingerprint density at radius 1 is 1.16 bits per heavy atom. The van der Waals surface area contributed by atoms with E-state index >= 15 is 0 Å². The smallest absolute Gasteiger partial charge is 0.319 e. The van der Waals surface area contributed by atoms with Crippen molar-refractivity contribution in [3.8, 4) is 0 Å². The van der Waals surface area contributed by atoms with E-state index in [9.17, 15) is 14.3 Å². The zero-order valence-electron chi connectivity index (χ0n) is 18.2. The number of hydrogen-bond acceptors (Lipinski definition) is 6. The Morgan fingerprint density at radius 3 is 2.42 bits per heavy atom. The number of carbonyl (C=O) groups excluding carboxylic acids is 1. The van der Waals surface area contributed by atoms with E-state index in [2.05, 4.69) is 10.6 Å². The van der Waals surface area contributed by atoms with Crippen LogP contribution in [0.2, 0.25) is 0 Å². The van der Waals surface area contributed by atoms with Crippen LogP contribution in [0.3, 0.4) is 0 Å². The minimum atomic E-state index is -1.00. The van der Waals surface area contributed by atoms with Crippen molar-refractivity contribution in [2.24, 2.45) is 0 Å². The molecule has 1 saturated carbocycles. The highest BCUT2D eigenvalue weighted by Gasteiger charge is 2.45. The first-order valence-corrected chi connectivity index (χ1v) is 11.0. The Bertz CT molecular complexity index is 781. The molecule has 3 N–H and O–H groups in total. The average molecular weight is 438 g/mol. The fourth-order valence-electron chi connectivity index (χ4n) is 4.69. The van der Waals surface area contributed by atoms with Gasteiger partial charge in [-0.25, -0.2) is 9.18 Å². The molecule has 172 valence electrons. The quantitative estimate of drug-likeness (QED) is 0.671. The van der Waals surface area contributed by atoms with E-state index in [1.165, 1.54) is 6.07 Å². The van der Waals surface area contributed by atoms with Crippen LogP contribution in [-0.2, 0) is 14.2 Å². The number of halogens is 1. The molecule has 2 atom stereocenters. The van der Waals surface area contributed by atoms with E-state index in [1.54, 1.807) is 12.1 Å². The molecule has 31 heavy (non-hydrogen) atoms. The number of urea groups is 1. The fourth-order valence-corrected chi connectivity index (χ4v) is 4.69. The lowest BCUT2D eigenvalue weighted by Gasteiger charge is -2.40. The van der Waals surface area contributed by atoms with E-state index in [1.807, 2.05) is 18.7 Å². The van der Waals surface area contributed by atoms with Gasteiger partial charge in [0.1, 0.15) is 5.82 Å². The highest BCUT2D eigenvalue weighted by atomic mass is 19.1. The van der Waals surface area contributed by atoms with E-state index in [0.29, 0.717) is 63.4 Å². The predicted octanol–water partition coefficient (Wildman–Crippen LogP) is 2.61. The Balaban J connectivity index is 1.28. The summed E-state index contributed by atoms with van der Waals surface area (Å²) in [4.78, 5) is 14.3. The van der Waals surface area contributed by atoms with Gasteiger partial charge in [0.25, 0.3) is 0 Å². The first-order chi connectivity index (χ1) is 14.8. The maximum Gasteiger partial charge on any atom is 0.319 e. The topological polar surface area (TPSA) is 92.3 Å². The normalized spacial score (nSPS) is 27.3. The van der Waals surface area contributed by atoms with Gasteiger partial charge in [-0.15, -0.1) is 0 Å². The maximum atomic E-state index is 14.7. The molecule has 2 amide bonds. The van der Waals surface area contributed by atoms with Crippen LogP contribution in [0.1, 0.15) is 39.5 Å². The van der Waals surface area contributed by atoms with Crippen LogP contribution in [-0.4, -0.2) is 67.6 Å². The highest BCUT2D eigenvalue weighted by Crippen LogP contribution is 2.40. The Kier molecular flexibility index (Phi) is 6.39. The van der Waals surface area contributed by atoms with Crippen LogP contribution < -0.4 is 15.5 Å². The molecule has 2 heterocycles. The molecule has 0 aromatic heterocycles. The van der Waals surface area contributed by atoms with Gasteiger partial charge in [0.2, 0.25) is 0 Å². The van der Waals surface area contributed by atoms with Gasteiger partial charge in [0.05, 0.1) is 36.7 Å². The van der Waals surface area contributed by atoms with Crippen molar-refractivity contribution in [2.45, 2.75) is 63.1 Å². The van der Waals surface area contributed by atoms with Crippen LogP contribution in [0.5, 0.6) is 0 Å². The summed E-state index contributed by atoms with van der Waals surface area (Å²) in [5.74, 6) is -0.962. The predicted molar refractivity (Wildman–Crippen MR) is 114 cm³/mol. The molecule has 1 aliphatic carbocycles. The summed E-state index contributed by atoms with van der Waals surface area (Å²) in [5, 5.41) is 16.1. The maximum absolute atomic E-state index is 14.7. The Labute approximate surface area is 182 Å². The number of ether oxygens (including phenoxy) is 3. The lowest BCUT2D eigenvalue weighted by molar-refractivity contribution is -0.201. The number of hydrogen-bond donors (Lipinski definition) is 3. The number of benzene rings is 1. The minimum Gasteiger partial charge on any atom is -0.388 e. The third-order valence-corrected chi connectivity index (χ3v) is 6.30. The van der Waals surface area contributed by atoms with Gasteiger partial charge in [-0.2, -0.15) is 0 Å². The van der Waals surface area contributed by atoms with E-state index < -0.39 is 23.2 Å². The Morgan fingerprint density at radius 2 is 1.81 bits per heavy atom. The number of aliphatic hydroxyl groups is 1. The number of amides is 2. The molecule has 2 aliphatic heterocycles. The number of nitrogens with one attached hydrogen (secondary N) is 2. The average Bonchev–Trinajstić information content (AvgIpc) is 3.17. The van der Waals surface area contributed by atoms with E-state index in [-0.39, 0.29) is 18.8 Å². The fraction of sp³-hybridized carbons (Fsp3) is 0.682. The van der Waals surface area contributed by atoms with Gasteiger partial charge in [-0.05, 0) is 44.9 Å². The lowest BCUT2D eigenvalue weighted by atomic mass is 9.81. The van der Waals surface area contributed by atoms with Crippen molar-refractivity contribution in [1.29, 1.82) is 0 Å².